The molecule has 1 unspecified atom stereocenters. The van der Waals surface area contributed by atoms with Gasteiger partial charge in [-0.1, -0.05) is 23.1 Å². The van der Waals surface area contributed by atoms with Gasteiger partial charge in [-0.15, -0.1) is 0 Å². The predicted molar refractivity (Wildman–Crippen MR) is 144 cm³/mol. The van der Waals surface area contributed by atoms with Gasteiger partial charge in [-0.2, -0.15) is 0 Å². The summed E-state index contributed by atoms with van der Waals surface area (Å²) in [5.74, 6) is -1.01. The Hall–Kier alpha value is -2.86. The molecule has 1 aliphatic carbocycles. The molecule has 1 aliphatic heterocycles. The van der Waals surface area contributed by atoms with Crippen LogP contribution in [-0.2, 0) is 9.53 Å². The highest BCUT2D eigenvalue weighted by atomic mass is 32.2. The minimum atomic E-state index is -0.670. The first-order valence-electron chi connectivity index (χ1n) is 12.5. The molecular formula is C26H33FN4O5S2. The Morgan fingerprint density at radius 2 is 1.95 bits per heavy atom. The highest BCUT2D eigenvalue weighted by Gasteiger charge is 2.35. The summed E-state index contributed by atoms with van der Waals surface area (Å²) in [6.07, 6.45) is 2.92. The van der Waals surface area contributed by atoms with E-state index in [9.17, 15) is 14.4 Å². The van der Waals surface area contributed by atoms with Gasteiger partial charge in [0.05, 0.1) is 22.4 Å². The van der Waals surface area contributed by atoms with Crippen LogP contribution >= 0.6 is 23.1 Å². The number of nitrogens with zero attached hydrogens (tertiary/aromatic N) is 3. The topological polar surface area (TPSA) is 101 Å². The number of hydrogen-bond donors (Lipinski definition) is 1. The van der Waals surface area contributed by atoms with Gasteiger partial charge in [-0.05, 0) is 59.1 Å². The molecule has 4 rings (SSSR count). The molecular weight excluding hydrogens is 531 g/mol. The van der Waals surface area contributed by atoms with Gasteiger partial charge in [0.25, 0.3) is 5.91 Å². The number of rotatable bonds is 6. The highest BCUT2D eigenvalue weighted by Crippen LogP contribution is 2.41. The smallest absolute Gasteiger partial charge is 0.410 e. The average molecular weight is 565 g/mol. The van der Waals surface area contributed by atoms with Crippen LogP contribution in [0.3, 0.4) is 0 Å². The number of nitrogens with one attached hydrogen (secondary N) is 1. The number of benzene rings is 1. The quantitative estimate of drug-likeness (QED) is 0.516. The van der Waals surface area contributed by atoms with Crippen molar-refractivity contribution in [3.05, 3.63) is 29.2 Å². The Morgan fingerprint density at radius 1 is 1.24 bits per heavy atom. The van der Waals surface area contributed by atoms with Gasteiger partial charge < -0.3 is 24.6 Å². The van der Waals surface area contributed by atoms with Crippen LogP contribution < -0.4 is 10.1 Å². The summed E-state index contributed by atoms with van der Waals surface area (Å²) in [4.78, 5) is 45.8. The summed E-state index contributed by atoms with van der Waals surface area (Å²) in [5, 5.41) is 3.26. The molecule has 9 nitrogen and oxygen atoms in total. The molecule has 1 aromatic heterocycles. The van der Waals surface area contributed by atoms with E-state index in [4.69, 9.17) is 9.47 Å². The molecule has 2 heterocycles. The minimum Gasteiger partial charge on any atom is -0.496 e. The lowest BCUT2D eigenvalue weighted by Crippen LogP contribution is -2.56. The molecule has 3 amide bonds. The van der Waals surface area contributed by atoms with E-state index >= 15 is 4.39 Å². The Kier molecular flexibility index (Phi) is 8.22. The van der Waals surface area contributed by atoms with Crippen molar-refractivity contribution in [1.82, 2.24) is 14.8 Å². The van der Waals surface area contributed by atoms with Gasteiger partial charge in [-0.3, -0.25) is 9.59 Å². The first-order chi connectivity index (χ1) is 17.9. The Labute approximate surface area is 230 Å². The van der Waals surface area contributed by atoms with Crippen molar-refractivity contribution in [2.75, 3.05) is 32.1 Å². The molecule has 0 spiro atoms. The fourth-order valence-corrected chi connectivity index (χ4v) is 6.05. The van der Waals surface area contributed by atoms with Gasteiger partial charge in [0.1, 0.15) is 16.9 Å². The number of hydrogen-bond acceptors (Lipinski definition) is 8. The summed E-state index contributed by atoms with van der Waals surface area (Å²) in [7, 11) is 1.40. The van der Waals surface area contributed by atoms with Gasteiger partial charge in [0.15, 0.2) is 10.9 Å². The van der Waals surface area contributed by atoms with Crippen LogP contribution in [0.25, 0.3) is 0 Å². The van der Waals surface area contributed by atoms with Crippen LogP contribution in [0.15, 0.2) is 21.4 Å². The molecule has 38 heavy (non-hydrogen) atoms. The molecule has 1 aromatic carbocycles. The zero-order valence-corrected chi connectivity index (χ0v) is 24.1. The third-order valence-electron chi connectivity index (χ3n) is 6.21. The maximum Gasteiger partial charge on any atom is 0.410 e. The molecule has 0 radical (unpaired) electrons. The monoisotopic (exact) mass is 564 g/mol. The third-order valence-corrected chi connectivity index (χ3v) is 8.43. The Bertz CT molecular complexity index is 1240. The average Bonchev–Trinajstić information content (AvgIpc) is 3.60. The van der Waals surface area contributed by atoms with Crippen LogP contribution in [0.4, 0.5) is 14.3 Å². The molecule has 1 saturated heterocycles. The highest BCUT2D eigenvalue weighted by molar-refractivity contribution is 8.01. The number of thiazole rings is 1. The molecule has 206 valence electrons. The van der Waals surface area contributed by atoms with Gasteiger partial charge in [-0.25, -0.2) is 14.2 Å². The van der Waals surface area contributed by atoms with E-state index in [-0.39, 0.29) is 48.8 Å². The predicted octanol–water partition coefficient (Wildman–Crippen LogP) is 5.18. The van der Waals surface area contributed by atoms with Crippen molar-refractivity contribution < 1.29 is 28.2 Å². The second-order valence-corrected chi connectivity index (χ2v) is 12.9. The lowest BCUT2D eigenvalue weighted by Gasteiger charge is -2.40. The lowest BCUT2D eigenvalue weighted by atomic mass is 10.1. The van der Waals surface area contributed by atoms with E-state index in [1.807, 2.05) is 6.92 Å². The van der Waals surface area contributed by atoms with Crippen molar-refractivity contribution in [3.63, 3.8) is 0 Å². The van der Waals surface area contributed by atoms with Gasteiger partial charge in [0, 0.05) is 31.6 Å². The number of carbonyl (C=O) groups excluding carboxylic acids is 3. The number of methoxy groups -OCH3 is 1. The molecule has 12 heteroatoms. The van der Waals surface area contributed by atoms with Crippen LogP contribution in [0.5, 0.6) is 5.75 Å². The zero-order valence-electron chi connectivity index (χ0n) is 22.4. The van der Waals surface area contributed by atoms with E-state index in [1.165, 1.54) is 23.3 Å². The first kappa shape index (κ1) is 28.2. The second-order valence-electron chi connectivity index (χ2n) is 10.5. The number of piperazine rings is 1. The molecule has 1 saturated carbocycles. The van der Waals surface area contributed by atoms with Crippen molar-refractivity contribution in [1.29, 1.82) is 0 Å². The van der Waals surface area contributed by atoms with Crippen molar-refractivity contribution >= 4 is 46.1 Å². The largest absolute Gasteiger partial charge is 0.496 e. The van der Waals surface area contributed by atoms with Crippen LogP contribution in [0, 0.1) is 18.7 Å². The SMILES string of the molecule is COc1cc(C)c(Sc2cnc(NC(=O)C3CC3)s2)c(F)c1C(=O)N1CCN(C(=O)OC(C)(C)C)C(C)C1. The van der Waals surface area contributed by atoms with Crippen LogP contribution in [0.1, 0.15) is 56.5 Å². The van der Waals surface area contributed by atoms with E-state index in [0.29, 0.717) is 19.8 Å². The summed E-state index contributed by atoms with van der Waals surface area (Å²) in [6.45, 7) is 9.72. The number of amides is 3. The first-order valence-corrected chi connectivity index (χ1v) is 14.1. The van der Waals surface area contributed by atoms with Crippen LogP contribution in [-0.4, -0.2) is 71.1 Å². The third kappa shape index (κ3) is 6.40. The molecule has 2 aliphatic rings. The summed E-state index contributed by atoms with van der Waals surface area (Å²) in [6, 6.07) is 1.34. The number of carbonyl (C=O) groups is 3. The standard InChI is InChI=1S/C26H33FN4O5S2/c1-14-11-17(35-6)19(23(33)30-9-10-31(15(2)13-30)25(34)36-26(3,4)5)20(27)21(14)37-18-12-28-24(38-18)29-22(32)16-7-8-16/h11-12,15-16H,7-10,13H2,1-6H3,(H,28,29,32). The summed E-state index contributed by atoms with van der Waals surface area (Å²) in [5.41, 5.74) is -0.163. The summed E-state index contributed by atoms with van der Waals surface area (Å²) < 4.78 is 27.5. The number of halogens is 1. The molecule has 0 bridgehead atoms. The summed E-state index contributed by atoms with van der Waals surface area (Å²) >= 11 is 2.41. The van der Waals surface area contributed by atoms with Crippen molar-refractivity contribution in [2.45, 2.75) is 68.2 Å². The molecule has 1 atom stereocenters. The zero-order chi connectivity index (χ0) is 27.8. The normalized spacial score (nSPS) is 17.8. The second kappa shape index (κ2) is 11.1. The minimum absolute atomic E-state index is 0.0448. The van der Waals surface area contributed by atoms with Gasteiger partial charge >= 0.3 is 6.09 Å². The number of ether oxygens (including phenoxy) is 2. The molecule has 1 N–H and O–H groups in total. The number of aromatic nitrogens is 1. The van der Waals surface area contributed by atoms with Crippen molar-refractivity contribution in [2.24, 2.45) is 5.92 Å². The van der Waals surface area contributed by atoms with E-state index in [0.717, 1.165) is 24.6 Å². The Morgan fingerprint density at radius 3 is 2.55 bits per heavy atom. The molecule has 2 aromatic rings. The fourth-order valence-electron chi connectivity index (χ4n) is 4.12. The Balaban J connectivity index is 1.52. The molecule has 2 fully saturated rings. The number of aryl methyl sites for hydroxylation is 1. The lowest BCUT2D eigenvalue weighted by molar-refractivity contribution is -0.117. The van der Waals surface area contributed by atoms with Crippen molar-refractivity contribution in [3.8, 4) is 5.75 Å². The number of anilines is 1. The van der Waals surface area contributed by atoms with E-state index in [2.05, 4.69) is 10.3 Å². The van der Waals surface area contributed by atoms with Gasteiger partial charge in [0.2, 0.25) is 5.91 Å². The maximum absolute atomic E-state index is 16.0. The van der Waals surface area contributed by atoms with Crippen LogP contribution in [0.2, 0.25) is 0 Å². The maximum atomic E-state index is 16.0. The van der Waals surface area contributed by atoms with E-state index in [1.54, 1.807) is 44.9 Å². The fraction of sp³-hybridized carbons (Fsp3) is 0.538. The van der Waals surface area contributed by atoms with E-state index < -0.39 is 23.4 Å².